The van der Waals surface area contributed by atoms with Crippen molar-refractivity contribution in [3.63, 3.8) is 0 Å². The minimum absolute atomic E-state index is 0.0293. The van der Waals surface area contributed by atoms with Crippen molar-refractivity contribution in [2.24, 2.45) is 16.2 Å². The van der Waals surface area contributed by atoms with E-state index in [1.807, 2.05) is 68.3 Å². The molecule has 4 aliphatic carbocycles. The third-order valence-corrected chi connectivity index (χ3v) is 17.7. The number of carbonyl (C=O) groups is 1. The number of fused-ring (bicyclic) bond motifs is 2. The summed E-state index contributed by atoms with van der Waals surface area (Å²) in [6, 6.07) is 22.4. The van der Waals surface area contributed by atoms with Gasteiger partial charge in [0.1, 0.15) is 24.0 Å². The molecule has 2 atom stereocenters. The van der Waals surface area contributed by atoms with E-state index in [1.165, 1.54) is 23.5 Å². The van der Waals surface area contributed by atoms with E-state index in [1.54, 1.807) is 37.4 Å². The maximum absolute atomic E-state index is 14.5. The number of hydrogen-bond donors (Lipinski definition) is 1. The molecule has 2 unspecified atom stereocenters. The second-order valence-electron chi connectivity index (χ2n) is 21.6. The topological polar surface area (TPSA) is 173 Å². The first-order chi connectivity index (χ1) is 34.9. The fourth-order valence-corrected chi connectivity index (χ4v) is 15.2. The molecule has 4 bridgehead atoms. The largest absolute Gasteiger partial charge is 0.497 e. The molecule has 15 nitrogen and oxygen atoms in total. The van der Waals surface area contributed by atoms with Crippen LogP contribution in [0.3, 0.4) is 0 Å². The Bertz CT molecular complexity index is 3360. The zero-order valence-corrected chi connectivity index (χ0v) is 43.6. The number of hydrogen-bond acceptors (Lipinski definition) is 15. The average molecular weight is 1030 g/mol. The lowest BCUT2D eigenvalue weighted by molar-refractivity contribution is -0.249. The Labute approximate surface area is 428 Å². The molecule has 0 saturated heterocycles. The Morgan fingerprint density at radius 1 is 0.863 bits per heavy atom. The number of nitrogens with one attached hydrogen (secondary N) is 1. The number of pyridine rings is 1. The molecule has 4 saturated carbocycles. The summed E-state index contributed by atoms with van der Waals surface area (Å²) in [7, 11) is -2.31. The van der Waals surface area contributed by atoms with Gasteiger partial charge in [-0.1, -0.05) is 55.0 Å². The molecule has 1 N–H and O–H groups in total. The van der Waals surface area contributed by atoms with Crippen LogP contribution in [-0.2, 0) is 43.3 Å². The van der Waals surface area contributed by atoms with Gasteiger partial charge in [-0.05, 0) is 149 Å². The summed E-state index contributed by atoms with van der Waals surface area (Å²) in [6.45, 7) is 12.1. The van der Waals surface area contributed by atoms with E-state index in [0.29, 0.717) is 52.5 Å². The summed E-state index contributed by atoms with van der Waals surface area (Å²) < 4.78 is 66.5. The summed E-state index contributed by atoms with van der Waals surface area (Å²) in [5.41, 5.74) is 6.34. The molecule has 12 rings (SSSR count). The molecule has 5 aliphatic rings. The number of thiazole rings is 1. The summed E-state index contributed by atoms with van der Waals surface area (Å²) in [5.74, 6) is 1.56. The number of carbonyl (C=O) groups excluding carboxylic acids is 1. The van der Waals surface area contributed by atoms with Gasteiger partial charge in [0.05, 0.1) is 47.2 Å². The van der Waals surface area contributed by atoms with Crippen LogP contribution in [0.5, 0.6) is 5.75 Å². The molecule has 18 heteroatoms. The van der Waals surface area contributed by atoms with E-state index in [0.717, 1.165) is 89.6 Å². The minimum Gasteiger partial charge on any atom is -0.497 e. The standard InChI is InChI=1S/C55H59FN8O7S2/c1-34-9-16-40(17-10-34)73(66,67)71-23-22-70-55-30-52(4)27-53(5,31-55)29-54(28-52,32-55)33-64-36(3)43(25-57-64)42-18-20-46(59-47(42)50(65)69-26-37-11-14-39(68-6)15-12-37)63-21-7-8-41-35(2)48(61-62-49(41)63)60-51-58-44-19-13-38(56)24-45(44)72-51/h9-20,24-25H,7-8,21-23,26-33H2,1-6H3,(H,58,60,61). The summed E-state index contributed by atoms with van der Waals surface area (Å²) in [5, 5.41) is 18.3. The van der Waals surface area contributed by atoms with Gasteiger partial charge in [-0.2, -0.15) is 13.5 Å². The molecule has 73 heavy (non-hydrogen) atoms. The number of aryl methyl sites for hydroxylation is 1. The maximum atomic E-state index is 14.5. The van der Waals surface area contributed by atoms with Crippen molar-refractivity contribution in [3.8, 4) is 16.9 Å². The van der Waals surface area contributed by atoms with Crippen LogP contribution in [0.1, 0.15) is 97.2 Å². The van der Waals surface area contributed by atoms with Gasteiger partial charge in [-0.3, -0.25) is 8.86 Å². The highest BCUT2D eigenvalue weighted by molar-refractivity contribution is 7.86. The van der Waals surface area contributed by atoms with Crippen LogP contribution in [0, 0.1) is 42.8 Å². The highest BCUT2D eigenvalue weighted by atomic mass is 32.2. The van der Waals surface area contributed by atoms with Crippen molar-refractivity contribution >= 4 is 60.2 Å². The maximum Gasteiger partial charge on any atom is 0.358 e. The van der Waals surface area contributed by atoms with Crippen LogP contribution in [0.25, 0.3) is 21.3 Å². The van der Waals surface area contributed by atoms with Crippen molar-refractivity contribution in [3.05, 3.63) is 125 Å². The summed E-state index contributed by atoms with van der Waals surface area (Å²) in [6.07, 6.45) is 9.18. The molecular weight excluding hydrogens is 968 g/mol. The quantitative estimate of drug-likeness (QED) is 0.0550. The fraction of sp³-hybridized carbons (Fsp3) is 0.418. The van der Waals surface area contributed by atoms with Crippen LogP contribution in [0.4, 0.5) is 27.0 Å². The SMILES string of the molecule is COc1ccc(COC(=O)c2nc(N3CCCc4c3nnc(Nc3nc5ccc(F)cc5s3)c4C)ccc2-c2cnn(CC34CC5(C)CC(C)(C3)CC(OCCOS(=O)(=O)c3ccc(C)cc3)(C5)C4)c2C)cc1. The lowest BCUT2D eigenvalue weighted by atomic mass is 9.39. The Morgan fingerprint density at radius 3 is 2.38 bits per heavy atom. The van der Waals surface area contributed by atoms with E-state index in [-0.39, 0.29) is 52.5 Å². The van der Waals surface area contributed by atoms with Gasteiger partial charge in [-0.25, -0.2) is 19.2 Å². The number of nitrogens with zero attached hydrogens (tertiary/aromatic N) is 7. The van der Waals surface area contributed by atoms with Crippen molar-refractivity contribution in [1.82, 2.24) is 29.9 Å². The van der Waals surface area contributed by atoms with Crippen molar-refractivity contribution in [2.75, 3.05) is 37.1 Å². The molecule has 0 radical (unpaired) electrons. The van der Waals surface area contributed by atoms with E-state index in [2.05, 4.69) is 33.9 Å². The van der Waals surface area contributed by atoms with Gasteiger partial charge in [0.15, 0.2) is 22.5 Å². The third-order valence-electron chi connectivity index (χ3n) is 15.4. The predicted octanol–water partition coefficient (Wildman–Crippen LogP) is 11.1. The van der Waals surface area contributed by atoms with Crippen LogP contribution in [0.15, 0.2) is 90.0 Å². The Hall–Kier alpha value is -6.34. The fourth-order valence-electron chi connectivity index (χ4n) is 13.4. The van der Waals surface area contributed by atoms with Gasteiger partial charge in [0.25, 0.3) is 10.1 Å². The monoisotopic (exact) mass is 1030 g/mol. The molecule has 1 aliphatic heterocycles. The van der Waals surface area contributed by atoms with Crippen LogP contribution < -0.4 is 15.0 Å². The minimum atomic E-state index is -3.92. The Morgan fingerprint density at radius 2 is 1.63 bits per heavy atom. The Kier molecular flexibility index (Phi) is 12.4. The van der Waals surface area contributed by atoms with Crippen molar-refractivity contribution in [1.29, 1.82) is 0 Å². The first kappa shape index (κ1) is 48.9. The number of rotatable bonds is 16. The van der Waals surface area contributed by atoms with Crippen LogP contribution in [-0.4, -0.2) is 76.8 Å². The van der Waals surface area contributed by atoms with Gasteiger partial charge in [0, 0.05) is 41.0 Å². The molecule has 4 aromatic heterocycles. The van der Waals surface area contributed by atoms with Gasteiger partial charge < -0.3 is 24.4 Å². The molecule has 380 valence electrons. The number of benzene rings is 3. The zero-order valence-electron chi connectivity index (χ0n) is 42.0. The second-order valence-corrected chi connectivity index (χ2v) is 24.2. The number of aromatic nitrogens is 6. The highest BCUT2D eigenvalue weighted by Gasteiger charge is 2.66. The molecule has 3 aromatic carbocycles. The summed E-state index contributed by atoms with van der Waals surface area (Å²) >= 11 is 1.35. The molecule has 0 spiro atoms. The van der Waals surface area contributed by atoms with Gasteiger partial charge in [-0.15, -0.1) is 10.2 Å². The third kappa shape index (κ3) is 9.58. The molecule has 5 heterocycles. The van der Waals surface area contributed by atoms with E-state index >= 15 is 0 Å². The normalized spacial score (nSPS) is 23.2. The molecule has 0 amide bonds. The Balaban J connectivity index is 0.867. The van der Waals surface area contributed by atoms with E-state index < -0.39 is 21.7 Å². The lowest BCUT2D eigenvalue weighted by Crippen LogP contribution is -2.64. The van der Waals surface area contributed by atoms with E-state index in [9.17, 15) is 17.6 Å². The smallest absolute Gasteiger partial charge is 0.358 e. The number of halogens is 1. The number of methoxy groups -OCH3 is 1. The highest BCUT2D eigenvalue weighted by Crippen LogP contribution is 2.72. The number of ether oxygens (including phenoxy) is 3. The van der Waals surface area contributed by atoms with Crippen molar-refractivity contribution in [2.45, 2.75) is 110 Å². The average Bonchev–Trinajstić information content (AvgIpc) is 3.92. The predicted molar refractivity (Wildman–Crippen MR) is 277 cm³/mol. The van der Waals surface area contributed by atoms with Crippen molar-refractivity contribution < 1.29 is 36.0 Å². The van der Waals surface area contributed by atoms with Crippen LogP contribution >= 0.6 is 11.3 Å². The lowest BCUT2D eigenvalue weighted by Gasteiger charge is -2.69. The molecule has 4 fully saturated rings. The van der Waals surface area contributed by atoms with Gasteiger partial charge >= 0.3 is 5.97 Å². The first-order valence-corrected chi connectivity index (χ1v) is 27.1. The summed E-state index contributed by atoms with van der Waals surface area (Å²) in [4.78, 5) is 26.3. The molecule has 7 aromatic rings. The number of anilines is 4. The number of esters is 1. The first-order valence-electron chi connectivity index (χ1n) is 24.8. The van der Waals surface area contributed by atoms with E-state index in [4.69, 9.17) is 33.6 Å². The van der Waals surface area contributed by atoms with Crippen LogP contribution in [0.2, 0.25) is 0 Å². The zero-order chi connectivity index (χ0) is 50.9. The molecular formula is C55H59FN8O7S2. The van der Waals surface area contributed by atoms with Gasteiger partial charge in [0.2, 0.25) is 0 Å². The second kappa shape index (κ2) is 18.5.